The standard InChI is InChI=1S/C9H18O/c1-3-5-6-8-9(10)7-4-2/h4,9-10H,2-3,5-8H2,1H3/t9-/m1/s1. The molecular formula is C9H18O. The van der Waals surface area contributed by atoms with Crippen molar-refractivity contribution < 1.29 is 5.11 Å². The summed E-state index contributed by atoms with van der Waals surface area (Å²) in [6.45, 7) is 5.74. The summed E-state index contributed by atoms with van der Waals surface area (Å²) in [6.07, 6.45) is 6.89. The molecule has 1 atom stereocenters. The molecule has 1 N–H and O–H groups in total. The quantitative estimate of drug-likeness (QED) is 0.446. The average Bonchev–Trinajstić information content (AvgIpc) is 1.89. The zero-order valence-electron chi connectivity index (χ0n) is 6.84. The second kappa shape index (κ2) is 6.81. The Kier molecular flexibility index (Phi) is 6.61. The van der Waals surface area contributed by atoms with Gasteiger partial charge in [-0.05, 0) is 12.8 Å². The summed E-state index contributed by atoms with van der Waals surface area (Å²) < 4.78 is 0. The van der Waals surface area contributed by atoms with Crippen LogP contribution < -0.4 is 0 Å². The van der Waals surface area contributed by atoms with E-state index in [4.69, 9.17) is 0 Å². The van der Waals surface area contributed by atoms with Crippen molar-refractivity contribution in [2.45, 2.75) is 45.1 Å². The van der Waals surface area contributed by atoms with Crippen molar-refractivity contribution >= 4 is 0 Å². The van der Waals surface area contributed by atoms with E-state index in [2.05, 4.69) is 13.5 Å². The van der Waals surface area contributed by atoms with E-state index in [9.17, 15) is 5.11 Å². The Bertz CT molecular complexity index is 78.8. The van der Waals surface area contributed by atoms with Crippen LogP contribution in [0, 0.1) is 0 Å². The maximum Gasteiger partial charge on any atom is 0.0574 e. The molecule has 0 aromatic carbocycles. The lowest BCUT2D eigenvalue weighted by Gasteiger charge is -2.05. The third kappa shape index (κ3) is 5.83. The van der Waals surface area contributed by atoms with Crippen LogP contribution in [0.15, 0.2) is 12.7 Å². The summed E-state index contributed by atoms with van der Waals surface area (Å²) in [5.41, 5.74) is 0. The van der Waals surface area contributed by atoms with Crippen molar-refractivity contribution in [2.75, 3.05) is 0 Å². The van der Waals surface area contributed by atoms with E-state index in [1.165, 1.54) is 12.8 Å². The Morgan fingerprint density at radius 3 is 2.70 bits per heavy atom. The number of aliphatic hydroxyl groups is 1. The SMILES string of the molecule is C=CC[C@@H](O)CCCCC. The van der Waals surface area contributed by atoms with Gasteiger partial charge in [-0.15, -0.1) is 6.58 Å². The molecule has 60 valence electrons. The highest BCUT2D eigenvalue weighted by Gasteiger charge is 1.98. The summed E-state index contributed by atoms with van der Waals surface area (Å²) in [5.74, 6) is 0. The van der Waals surface area contributed by atoms with Gasteiger partial charge in [-0.2, -0.15) is 0 Å². The summed E-state index contributed by atoms with van der Waals surface area (Å²) in [7, 11) is 0. The van der Waals surface area contributed by atoms with Gasteiger partial charge in [0.2, 0.25) is 0 Å². The Morgan fingerprint density at radius 1 is 1.50 bits per heavy atom. The molecule has 0 radical (unpaired) electrons. The molecule has 0 saturated heterocycles. The molecule has 0 spiro atoms. The Balaban J connectivity index is 3.04. The van der Waals surface area contributed by atoms with Gasteiger partial charge in [0, 0.05) is 0 Å². The third-order valence-electron chi connectivity index (χ3n) is 1.58. The molecular weight excluding hydrogens is 124 g/mol. The maximum atomic E-state index is 9.20. The fraction of sp³-hybridized carbons (Fsp3) is 0.778. The molecule has 0 fully saturated rings. The van der Waals surface area contributed by atoms with Crippen molar-refractivity contribution in [1.82, 2.24) is 0 Å². The highest BCUT2D eigenvalue weighted by Crippen LogP contribution is 2.05. The molecule has 0 rings (SSSR count). The molecule has 0 saturated carbocycles. The van der Waals surface area contributed by atoms with Crippen molar-refractivity contribution in [1.29, 1.82) is 0 Å². The molecule has 0 aliphatic heterocycles. The van der Waals surface area contributed by atoms with E-state index in [1.54, 1.807) is 6.08 Å². The van der Waals surface area contributed by atoms with Gasteiger partial charge >= 0.3 is 0 Å². The first-order valence-electron chi connectivity index (χ1n) is 4.10. The Hall–Kier alpha value is -0.300. The van der Waals surface area contributed by atoms with Crippen LogP contribution in [0.4, 0.5) is 0 Å². The fourth-order valence-corrected chi connectivity index (χ4v) is 0.940. The Labute approximate surface area is 63.8 Å². The highest BCUT2D eigenvalue weighted by atomic mass is 16.3. The molecule has 0 amide bonds. The van der Waals surface area contributed by atoms with Crippen molar-refractivity contribution in [3.63, 3.8) is 0 Å². The first kappa shape index (κ1) is 9.70. The van der Waals surface area contributed by atoms with Crippen molar-refractivity contribution in [3.8, 4) is 0 Å². The monoisotopic (exact) mass is 142 g/mol. The molecule has 0 aromatic heterocycles. The minimum Gasteiger partial charge on any atom is -0.393 e. The maximum absolute atomic E-state index is 9.20. The predicted molar refractivity (Wildman–Crippen MR) is 45.0 cm³/mol. The number of aliphatic hydroxyl groups excluding tert-OH is 1. The van der Waals surface area contributed by atoms with Crippen LogP contribution >= 0.6 is 0 Å². The molecule has 1 nitrogen and oxygen atoms in total. The van der Waals surface area contributed by atoms with Gasteiger partial charge in [-0.1, -0.05) is 32.3 Å². The molecule has 0 aromatic rings. The first-order valence-corrected chi connectivity index (χ1v) is 4.10. The molecule has 10 heavy (non-hydrogen) atoms. The molecule has 0 aliphatic carbocycles. The van der Waals surface area contributed by atoms with Gasteiger partial charge in [0.1, 0.15) is 0 Å². The third-order valence-corrected chi connectivity index (χ3v) is 1.58. The van der Waals surface area contributed by atoms with E-state index in [-0.39, 0.29) is 6.10 Å². The summed E-state index contributed by atoms with van der Waals surface area (Å²) in [6, 6.07) is 0. The van der Waals surface area contributed by atoms with Crippen LogP contribution in [0.1, 0.15) is 39.0 Å². The van der Waals surface area contributed by atoms with Crippen LogP contribution in [0.3, 0.4) is 0 Å². The van der Waals surface area contributed by atoms with E-state index in [0.717, 1.165) is 19.3 Å². The smallest absolute Gasteiger partial charge is 0.0574 e. The van der Waals surface area contributed by atoms with Crippen LogP contribution in [0.25, 0.3) is 0 Å². The van der Waals surface area contributed by atoms with Gasteiger partial charge in [-0.3, -0.25) is 0 Å². The number of unbranched alkanes of at least 4 members (excludes halogenated alkanes) is 2. The summed E-state index contributed by atoms with van der Waals surface area (Å²) in [4.78, 5) is 0. The summed E-state index contributed by atoms with van der Waals surface area (Å²) >= 11 is 0. The fourth-order valence-electron chi connectivity index (χ4n) is 0.940. The lowest BCUT2D eigenvalue weighted by atomic mass is 10.1. The molecule has 0 heterocycles. The van der Waals surface area contributed by atoms with Gasteiger partial charge in [0.15, 0.2) is 0 Å². The Morgan fingerprint density at radius 2 is 2.20 bits per heavy atom. The van der Waals surface area contributed by atoms with E-state index >= 15 is 0 Å². The van der Waals surface area contributed by atoms with Crippen LogP contribution in [0.2, 0.25) is 0 Å². The zero-order valence-corrected chi connectivity index (χ0v) is 6.84. The number of hydrogen-bond donors (Lipinski definition) is 1. The van der Waals surface area contributed by atoms with Gasteiger partial charge < -0.3 is 5.11 Å². The molecule has 0 bridgehead atoms. The molecule has 1 heteroatoms. The average molecular weight is 142 g/mol. The van der Waals surface area contributed by atoms with Crippen molar-refractivity contribution in [3.05, 3.63) is 12.7 Å². The van der Waals surface area contributed by atoms with Gasteiger partial charge in [0.25, 0.3) is 0 Å². The van der Waals surface area contributed by atoms with E-state index in [0.29, 0.717) is 0 Å². The first-order chi connectivity index (χ1) is 4.81. The largest absolute Gasteiger partial charge is 0.393 e. The van der Waals surface area contributed by atoms with Gasteiger partial charge in [0.05, 0.1) is 6.10 Å². The van der Waals surface area contributed by atoms with E-state index in [1.807, 2.05) is 0 Å². The van der Waals surface area contributed by atoms with Crippen LogP contribution in [-0.4, -0.2) is 11.2 Å². The lowest BCUT2D eigenvalue weighted by molar-refractivity contribution is 0.164. The van der Waals surface area contributed by atoms with Gasteiger partial charge in [-0.25, -0.2) is 0 Å². The second-order valence-corrected chi connectivity index (χ2v) is 2.67. The van der Waals surface area contributed by atoms with Crippen LogP contribution in [0.5, 0.6) is 0 Å². The molecule has 0 unspecified atom stereocenters. The minimum atomic E-state index is -0.149. The highest BCUT2D eigenvalue weighted by molar-refractivity contribution is 4.71. The number of hydrogen-bond acceptors (Lipinski definition) is 1. The lowest BCUT2D eigenvalue weighted by Crippen LogP contribution is -2.03. The number of rotatable bonds is 6. The van der Waals surface area contributed by atoms with Crippen molar-refractivity contribution in [2.24, 2.45) is 0 Å². The normalized spacial score (nSPS) is 13.0. The topological polar surface area (TPSA) is 20.2 Å². The summed E-state index contributed by atoms with van der Waals surface area (Å²) in [5, 5.41) is 9.20. The van der Waals surface area contributed by atoms with Crippen LogP contribution in [-0.2, 0) is 0 Å². The minimum absolute atomic E-state index is 0.149. The predicted octanol–water partition coefficient (Wildman–Crippen LogP) is 2.50. The second-order valence-electron chi connectivity index (χ2n) is 2.67. The molecule has 0 aliphatic rings. The van der Waals surface area contributed by atoms with E-state index < -0.39 is 0 Å². The zero-order chi connectivity index (χ0) is 7.82.